The summed E-state index contributed by atoms with van der Waals surface area (Å²) in [5.41, 5.74) is 1.57. The average Bonchev–Trinajstić information content (AvgIpc) is 3.31. The Hall–Kier alpha value is -2.39. The molecular formula is C20H27N3O5S. The molecule has 0 radical (unpaired) electrons. The van der Waals surface area contributed by atoms with Crippen LogP contribution in [-0.2, 0) is 21.4 Å². The van der Waals surface area contributed by atoms with Crippen molar-refractivity contribution in [2.75, 3.05) is 26.2 Å². The highest BCUT2D eigenvalue weighted by atomic mass is 32.2. The lowest BCUT2D eigenvalue weighted by Crippen LogP contribution is -2.33. The minimum absolute atomic E-state index is 0.0787. The van der Waals surface area contributed by atoms with E-state index in [0.29, 0.717) is 31.7 Å². The summed E-state index contributed by atoms with van der Waals surface area (Å²) in [6.07, 6.45) is 1.84. The number of hydrogen-bond donors (Lipinski definition) is 0. The average molecular weight is 422 g/mol. The molecule has 158 valence electrons. The summed E-state index contributed by atoms with van der Waals surface area (Å²) in [4.78, 5) is 26.5. The fourth-order valence-electron chi connectivity index (χ4n) is 3.56. The van der Waals surface area contributed by atoms with Crippen LogP contribution in [0.15, 0.2) is 44.5 Å². The zero-order valence-electron chi connectivity index (χ0n) is 16.9. The molecule has 2 aromatic rings. The second kappa shape index (κ2) is 8.54. The lowest BCUT2D eigenvalue weighted by Gasteiger charge is -2.21. The maximum atomic E-state index is 12.7. The van der Waals surface area contributed by atoms with Crippen LogP contribution in [0.4, 0.5) is 0 Å². The molecule has 2 heterocycles. The van der Waals surface area contributed by atoms with E-state index in [9.17, 15) is 18.0 Å². The second-order valence-corrected chi connectivity index (χ2v) is 9.31. The number of aromatic nitrogens is 1. The van der Waals surface area contributed by atoms with Gasteiger partial charge in [0.05, 0.1) is 10.4 Å². The van der Waals surface area contributed by atoms with Gasteiger partial charge in [-0.1, -0.05) is 12.2 Å². The van der Waals surface area contributed by atoms with Crippen molar-refractivity contribution in [3.63, 3.8) is 0 Å². The Labute approximate surface area is 170 Å². The van der Waals surface area contributed by atoms with Crippen molar-refractivity contribution in [3.8, 4) is 0 Å². The van der Waals surface area contributed by atoms with E-state index in [1.54, 1.807) is 11.0 Å². The van der Waals surface area contributed by atoms with E-state index in [2.05, 4.69) is 6.58 Å². The van der Waals surface area contributed by atoms with Crippen LogP contribution in [0.3, 0.4) is 0 Å². The quantitative estimate of drug-likeness (QED) is 0.609. The first-order chi connectivity index (χ1) is 13.7. The molecule has 0 N–H and O–H groups in total. The monoisotopic (exact) mass is 421 g/mol. The molecule has 0 saturated carbocycles. The number of rotatable bonds is 8. The molecule has 1 aromatic carbocycles. The van der Waals surface area contributed by atoms with E-state index >= 15 is 0 Å². The zero-order valence-corrected chi connectivity index (χ0v) is 17.7. The Kier molecular flexibility index (Phi) is 6.28. The number of nitrogens with zero attached hydrogens (tertiary/aromatic N) is 3. The van der Waals surface area contributed by atoms with Crippen LogP contribution in [0.5, 0.6) is 0 Å². The van der Waals surface area contributed by atoms with Crippen LogP contribution in [0.25, 0.3) is 11.1 Å². The summed E-state index contributed by atoms with van der Waals surface area (Å²) in [6.45, 7) is 9.79. The minimum Gasteiger partial charge on any atom is -0.408 e. The van der Waals surface area contributed by atoms with E-state index < -0.39 is 15.8 Å². The van der Waals surface area contributed by atoms with E-state index in [4.69, 9.17) is 4.42 Å². The van der Waals surface area contributed by atoms with Gasteiger partial charge in [-0.2, -0.15) is 4.31 Å². The van der Waals surface area contributed by atoms with E-state index in [1.807, 2.05) is 13.8 Å². The highest BCUT2D eigenvalue weighted by molar-refractivity contribution is 7.89. The van der Waals surface area contributed by atoms with Crippen molar-refractivity contribution < 1.29 is 17.6 Å². The molecule has 0 unspecified atom stereocenters. The van der Waals surface area contributed by atoms with Crippen molar-refractivity contribution in [2.24, 2.45) is 0 Å². The molecule has 1 aliphatic rings. The number of aryl methyl sites for hydroxylation is 1. The number of hydrogen-bond acceptors (Lipinski definition) is 5. The fourth-order valence-corrected chi connectivity index (χ4v) is 5.10. The van der Waals surface area contributed by atoms with Crippen LogP contribution in [0.2, 0.25) is 0 Å². The zero-order chi connectivity index (χ0) is 21.2. The Morgan fingerprint density at radius 1 is 1.28 bits per heavy atom. The number of benzene rings is 1. The number of carbonyl (C=O) groups is 1. The third-order valence-corrected chi connectivity index (χ3v) is 6.98. The maximum absolute atomic E-state index is 12.7. The van der Waals surface area contributed by atoms with Gasteiger partial charge in [0.2, 0.25) is 15.9 Å². The van der Waals surface area contributed by atoms with Crippen molar-refractivity contribution in [1.82, 2.24) is 13.8 Å². The first-order valence-corrected chi connectivity index (χ1v) is 11.2. The maximum Gasteiger partial charge on any atom is 0.419 e. The van der Waals surface area contributed by atoms with Crippen LogP contribution >= 0.6 is 0 Å². The normalized spacial score (nSPS) is 15.1. The fraction of sp³-hybridized carbons (Fsp3) is 0.500. The van der Waals surface area contributed by atoms with Crippen molar-refractivity contribution in [2.45, 2.75) is 44.6 Å². The largest absolute Gasteiger partial charge is 0.419 e. The third kappa shape index (κ3) is 4.45. The number of oxazole rings is 1. The first-order valence-electron chi connectivity index (χ1n) is 9.79. The molecule has 1 saturated heterocycles. The number of likely N-dealkylation sites (N-methyl/N-ethyl adjacent to an activating group) is 1. The Morgan fingerprint density at radius 2 is 1.97 bits per heavy atom. The number of carbonyl (C=O) groups excluding carboxylic acids is 1. The summed E-state index contributed by atoms with van der Waals surface area (Å²) in [7, 11) is -3.59. The topological polar surface area (TPSA) is 92.8 Å². The summed E-state index contributed by atoms with van der Waals surface area (Å²) in [5, 5.41) is 0. The predicted molar refractivity (Wildman–Crippen MR) is 110 cm³/mol. The summed E-state index contributed by atoms with van der Waals surface area (Å²) >= 11 is 0. The number of amides is 1. The second-order valence-electron chi connectivity index (χ2n) is 7.38. The van der Waals surface area contributed by atoms with Gasteiger partial charge in [0.25, 0.3) is 0 Å². The third-order valence-electron chi connectivity index (χ3n) is 5.09. The molecule has 1 amide bonds. The van der Waals surface area contributed by atoms with Gasteiger partial charge in [-0.15, -0.1) is 0 Å². The van der Waals surface area contributed by atoms with Gasteiger partial charge in [0.15, 0.2) is 5.58 Å². The van der Waals surface area contributed by atoms with Crippen molar-refractivity contribution >= 4 is 27.0 Å². The number of sulfonamides is 1. The molecule has 0 spiro atoms. The molecule has 1 fully saturated rings. The predicted octanol–water partition coefficient (Wildman–Crippen LogP) is 2.19. The molecule has 3 rings (SSSR count). The smallest absolute Gasteiger partial charge is 0.408 e. The van der Waals surface area contributed by atoms with E-state index in [-0.39, 0.29) is 29.4 Å². The Morgan fingerprint density at radius 3 is 2.59 bits per heavy atom. The first kappa shape index (κ1) is 21.3. The van der Waals surface area contributed by atoms with E-state index in [0.717, 1.165) is 18.4 Å². The lowest BCUT2D eigenvalue weighted by atomic mass is 10.2. The standard InChI is InChI=1S/C20H27N3O5S/c1-4-21(14-15(2)3)19(24)9-12-23-17-8-7-16(13-18(17)28-20(23)25)29(26,27)22-10-5-6-11-22/h7-8,13H,2,4-6,9-12,14H2,1,3H3. The Balaban J connectivity index is 1.82. The van der Waals surface area contributed by atoms with Crippen LogP contribution in [0.1, 0.15) is 33.1 Å². The van der Waals surface area contributed by atoms with Crippen molar-refractivity contribution in [3.05, 3.63) is 40.9 Å². The summed E-state index contributed by atoms with van der Waals surface area (Å²) < 4.78 is 33.5. The lowest BCUT2D eigenvalue weighted by molar-refractivity contribution is -0.130. The highest BCUT2D eigenvalue weighted by Crippen LogP contribution is 2.24. The van der Waals surface area contributed by atoms with Crippen molar-refractivity contribution in [1.29, 1.82) is 0 Å². The molecule has 0 bridgehead atoms. The van der Waals surface area contributed by atoms with Gasteiger partial charge in [-0.25, -0.2) is 13.2 Å². The summed E-state index contributed by atoms with van der Waals surface area (Å²) in [5.74, 6) is -0.684. The van der Waals surface area contributed by atoms with Crippen LogP contribution in [-0.4, -0.2) is 54.3 Å². The van der Waals surface area contributed by atoms with Crippen LogP contribution < -0.4 is 5.76 Å². The van der Waals surface area contributed by atoms with Gasteiger partial charge >= 0.3 is 5.76 Å². The van der Waals surface area contributed by atoms with Gasteiger partial charge < -0.3 is 9.32 Å². The van der Waals surface area contributed by atoms with E-state index in [1.165, 1.54) is 21.0 Å². The molecule has 8 nitrogen and oxygen atoms in total. The molecule has 0 atom stereocenters. The molecule has 9 heteroatoms. The molecule has 0 aliphatic carbocycles. The van der Waals surface area contributed by atoms with Gasteiger partial charge in [-0.3, -0.25) is 9.36 Å². The van der Waals surface area contributed by atoms with Gasteiger partial charge in [0, 0.05) is 45.2 Å². The molecule has 1 aromatic heterocycles. The summed E-state index contributed by atoms with van der Waals surface area (Å²) in [6, 6.07) is 4.45. The number of fused-ring (bicyclic) bond motifs is 1. The molecule has 29 heavy (non-hydrogen) atoms. The molecular weight excluding hydrogens is 394 g/mol. The van der Waals surface area contributed by atoms with Crippen LogP contribution in [0, 0.1) is 0 Å². The van der Waals surface area contributed by atoms with Gasteiger partial charge in [0.1, 0.15) is 0 Å². The minimum atomic E-state index is -3.59. The molecule has 1 aliphatic heterocycles. The highest BCUT2D eigenvalue weighted by Gasteiger charge is 2.28. The SMILES string of the molecule is C=C(C)CN(CC)C(=O)CCn1c(=O)oc2cc(S(=O)(=O)N3CCCC3)ccc21. The Bertz CT molecular complexity index is 1080. The van der Waals surface area contributed by atoms with Gasteiger partial charge in [-0.05, 0) is 38.8 Å².